The molecular weight excluding hydrogens is 605 g/mol. The van der Waals surface area contributed by atoms with E-state index in [0.29, 0.717) is 6.42 Å². The number of carbonyl (C=O) groups is 2. The molecule has 1 atom stereocenters. The molecule has 1 aliphatic carbocycles. The SMILES string of the molecule is CC[C@@H](C(=O)NC1CCCCC1)N(Cc1ccc(C)cc1)C(=O)CN(c1ccc(Cl)c(Cl)c1)S(=O)(=O)c1ccc(C)cc1. The molecule has 0 heterocycles. The predicted molar refractivity (Wildman–Crippen MR) is 173 cm³/mol. The van der Waals surface area contributed by atoms with Crippen LogP contribution in [0, 0.1) is 13.8 Å². The van der Waals surface area contributed by atoms with Gasteiger partial charge in [-0.25, -0.2) is 8.42 Å². The van der Waals surface area contributed by atoms with Crippen LogP contribution < -0.4 is 9.62 Å². The molecule has 1 fully saturated rings. The van der Waals surface area contributed by atoms with Crippen molar-refractivity contribution in [2.75, 3.05) is 10.8 Å². The van der Waals surface area contributed by atoms with Crippen molar-refractivity contribution in [1.29, 1.82) is 0 Å². The van der Waals surface area contributed by atoms with Crippen LogP contribution in [0.5, 0.6) is 0 Å². The second-order valence-corrected chi connectivity index (χ2v) is 13.9. The van der Waals surface area contributed by atoms with Gasteiger partial charge in [-0.15, -0.1) is 0 Å². The van der Waals surface area contributed by atoms with E-state index in [-0.39, 0.29) is 39.1 Å². The molecule has 10 heteroatoms. The molecule has 43 heavy (non-hydrogen) atoms. The molecule has 0 saturated heterocycles. The monoisotopic (exact) mass is 643 g/mol. The van der Waals surface area contributed by atoms with Crippen LogP contribution in [-0.2, 0) is 26.2 Å². The average molecular weight is 645 g/mol. The summed E-state index contributed by atoms with van der Waals surface area (Å²) in [7, 11) is -4.20. The number of rotatable bonds is 11. The number of amides is 2. The summed E-state index contributed by atoms with van der Waals surface area (Å²) in [4.78, 5) is 29.4. The molecule has 0 aliphatic heterocycles. The van der Waals surface area contributed by atoms with E-state index in [0.717, 1.165) is 53.1 Å². The van der Waals surface area contributed by atoms with E-state index >= 15 is 0 Å². The van der Waals surface area contributed by atoms with Crippen molar-refractivity contribution < 1.29 is 18.0 Å². The predicted octanol–water partition coefficient (Wildman–Crippen LogP) is 7.06. The van der Waals surface area contributed by atoms with Gasteiger partial charge < -0.3 is 10.2 Å². The summed E-state index contributed by atoms with van der Waals surface area (Å²) in [5.74, 6) is -0.731. The minimum atomic E-state index is -4.20. The van der Waals surface area contributed by atoms with Crippen LogP contribution in [0.4, 0.5) is 5.69 Å². The van der Waals surface area contributed by atoms with Crippen LogP contribution in [0.3, 0.4) is 0 Å². The molecule has 4 rings (SSSR count). The molecule has 230 valence electrons. The van der Waals surface area contributed by atoms with Crippen molar-refractivity contribution in [1.82, 2.24) is 10.2 Å². The highest BCUT2D eigenvalue weighted by molar-refractivity contribution is 7.92. The van der Waals surface area contributed by atoms with Crippen LogP contribution in [-0.4, -0.2) is 43.8 Å². The van der Waals surface area contributed by atoms with Gasteiger partial charge in [0.05, 0.1) is 20.6 Å². The summed E-state index contributed by atoms with van der Waals surface area (Å²) in [5, 5.41) is 3.58. The Labute approximate surface area is 265 Å². The third kappa shape index (κ3) is 8.31. The van der Waals surface area contributed by atoms with Crippen molar-refractivity contribution >= 4 is 50.7 Å². The fraction of sp³-hybridized carbons (Fsp3) is 0.394. The van der Waals surface area contributed by atoms with Crippen molar-refractivity contribution in [2.24, 2.45) is 0 Å². The number of aryl methyl sites for hydroxylation is 2. The first-order chi connectivity index (χ1) is 20.5. The minimum absolute atomic E-state index is 0.0316. The fourth-order valence-electron chi connectivity index (χ4n) is 5.36. The third-order valence-electron chi connectivity index (χ3n) is 7.89. The number of carbonyl (C=O) groups excluding carboxylic acids is 2. The molecule has 3 aromatic rings. The first-order valence-corrected chi connectivity index (χ1v) is 16.9. The molecule has 3 aromatic carbocycles. The highest BCUT2D eigenvalue weighted by atomic mass is 35.5. The number of benzene rings is 3. The normalized spacial score (nSPS) is 14.6. The Morgan fingerprint density at radius 1 is 0.884 bits per heavy atom. The Morgan fingerprint density at radius 3 is 2.07 bits per heavy atom. The summed E-state index contributed by atoms with van der Waals surface area (Å²) < 4.78 is 29.1. The lowest BCUT2D eigenvalue weighted by Crippen LogP contribution is -2.54. The number of anilines is 1. The Morgan fingerprint density at radius 2 is 1.49 bits per heavy atom. The van der Waals surface area contributed by atoms with Crippen LogP contribution in [0.2, 0.25) is 10.0 Å². The van der Waals surface area contributed by atoms with Crippen LogP contribution in [0.25, 0.3) is 0 Å². The van der Waals surface area contributed by atoms with E-state index in [4.69, 9.17) is 23.2 Å². The topological polar surface area (TPSA) is 86.8 Å². The summed E-state index contributed by atoms with van der Waals surface area (Å²) in [6, 6.07) is 17.9. The van der Waals surface area contributed by atoms with Crippen LogP contribution >= 0.6 is 23.2 Å². The Kier molecular flexibility index (Phi) is 11.2. The molecule has 2 amide bonds. The van der Waals surface area contributed by atoms with Gasteiger partial charge in [-0.3, -0.25) is 13.9 Å². The number of nitrogens with one attached hydrogen (secondary N) is 1. The van der Waals surface area contributed by atoms with Crippen molar-refractivity contribution in [2.45, 2.75) is 82.8 Å². The van der Waals surface area contributed by atoms with E-state index in [1.165, 1.54) is 35.2 Å². The van der Waals surface area contributed by atoms with Gasteiger partial charge in [-0.05, 0) is 69.0 Å². The van der Waals surface area contributed by atoms with Gasteiger partial charge in [0, 0.05) is 12.6 Å². The maximum absolute atomic E-state index is 14.3. The second-order valence-electron chi connectivity index (χ2n) is 11.2. The highest BCUT2D eigenvalue weighted by Gasteiger charge is 2.34. The third-order valence-corrected chi connectivity index (χ3v) is 10.4. The second kappa shape index (κ2) is 14.6. The smallest absolute Gasteiger partial charge is 0.264 e. The first-order valence-electron chi connectivity index (χ1n) is 14.7. The molecule has 0 bridgehead atoms. The zero-order valence-electron chi connectivity index (χ0n) is 24.9. The van der Waals surface area contributed by atoms with Crippen molar-refractivity contribution in [3.05, 3.63) is 93.5 Å². The number of hydrogen-bond donors (Lipinski definition) is 1. The van der Waals surface area contributed by atoms with Crippen molar-refractivity contribution in [3.8, 4) is 0 Å². The largest absolute Gasteiger partial charge is 0.352 e. The molecule has 1 aliphatic rings. The molecule has 0 spiro atoms. The lowest BCUT2D eigenvalue weighted by molar-refractivity contribution is -0.140. The minimum Gasteiger partial charge on any atom is -0.352 e. The number of sulfonamides is 1. The first kappa shape index (κ1) is 32.8. The quantitative estimate of drug-likeness (QED) is 0.242. The van der Waals surface area contributed by atoms with Gasteiger partial charge >= 0.3 is 0 Å². The van der Waals surface area contributed by atoms with Gasteiger partial charge in [0.1, 0.15) is 12.6 Å². The number of nitrogens with zero attached hydrogens (tertiary/aromatic N) is 2. The maximum atomic E-state index is 14.3. The van der Waals surface area contributed by atoms with Gasteiger partial charge in [0.2, 0.25) is 11.8 Å². The Hall–Kier alpha value is -3.07. The lowest BCUT2D eigenvalue weighted by atomic mass is 9.95. The highest BCUT2D eigenvalue weighted by Crippen LogP contribution is 2.31. The zero-order chi connectivity index (χ0) is 31.1. The van der Waals surface area contributed by atoms with Gasteiger partial charge in [0.25, 0.3) is 10.0 Å². The summed E-state index contributed by atoms with van der Waals surface area (Å²) >= 11 is 12.4. The molecule has 0 aromatic heterocycles. The number of halogens is 2. The molecule has 0 radical (unpaired) electrons. The molecular formula is C33H39Cl2N3O4S. The molecule has 1 saturated carbocycles. The lowest BCUT2D eigenvalue weighted by Gasteiger charge is -2.34. The summed E-state index contributed by atoms with van der Waals surface area (Å²) in [6.07, 6.45) is 5.46. The molecule has 7 nitrogen and oxygen atoms in total. The van der Waals surface area contributed by atoms with E-state index in [1.807, 2.05) is 45.0 Å². The van der Waals surface area contributed by atoms with Gasteiger partial charge in [0.15, 0.2) is 0 Å². The molecule has 1 N–H and O–H groups in total. The van der Waals surface area contributed by atoms with E-state index in [9.17, 15) is 18.0 Å². The summed E-state index contributed by atoms with van der Waals surface area (Å²) in [6.45, 7) is 5.32. The van der Waals surface area contributed by atoms with E-state index in [2.05, 4.69) is 5.32 Å². The van der Waals surface area contributed by atoms with E-state index < -0.39 is 28.5 Å². The van der Waals surface area contributed by atoms with Gasteiger partial charge in [-0.2, -0.15) is 0 Å². The zero-order valence-corrected chi connectivity index (χ0v) is 27.2. The fourth-order valence-corrected chi connectivity index (χ4v) is 7.06. The Bertz CT molecular complexity index is 1520. The van der Waals surface area contributed by atoms with Crippen LogP contribution in [0.15, 0.2) is 71.6 Å². The standard InChI is InChI=1S/C33H39Cl2N3O4S/c1-4-31(33(40)36-26-8-6-5-7-9-26)37(21-25-14-10-23(2)11-15-25)32(39)22-38(27-16-19-29(34)30(35)20-27)43(41,42)28-17-12-24(3)13-18-28/h10-20,26,31H,4-9,21-22H2,1-3H3,(H,36,40)/t31-/m0/s1. The summed E-state index contributed by atoms with van der Waals surface area (Å²) in [5.41, 5.74) is 3.00. The van der Waals surface area contributed by atoms with Crippen molar-refractivity contribution in [3.63, 3.8) is 0 Å². The van der Waals surface area contributed by atoms with E-state index in [1.54, 1.807) is 12.1 Å². The number of hydrogen-bond acceptors (Lipinski definition) is 4. The maximum Gasteiger partial charge on any atom is 0.264 e. The van der Waals surface area contributed by atoms with Gasteiger partial charge in [-0.1, -0.05) is 96.9 Å². The Balaban J connectivity index is 1.72. The average Bonchev–Trinajstić information content (AvgIpc) is 2.99. The molecule has 0 unspecified atom stereocenters. The van der Waals surface area contributed by atoms with Crippen LogP contribution in [0.1, 0.15) is 62.1 Å².